The average molecular weight is 454 g/mol. The fraction of sp³-hybridized carbons (Fsp3) is 0.800. The highest BCUT2D eigenvalue weighted by Gasteiger charge is 2.31. The van der Waals surface area contributed by atoms with E-state index in [1.165, 1.54) is 21.6 Å². The second kappa shape index (κ2) is 11.6. The van der Waals surface area contributed by atoms with Crippen LogP contribution >= 0.6 is 36.8 Å². The molecule has 154 valence electrons. The van der Waals surface area contributed by atoms with Gasteiger partial charge in [0, 0.05) is 11.5 Å². The Kier molecular flexibility index (Phi) is 11.6. The number of amides is 2. The summed E-state index contributed by atoms with van der Waals surface area (Å²) in [6.45, 7) is 0. The van der Waals surface area contributed by atoms with Crippen LogP contribution in [-0.2, 0) is 18.7 Å². The molecule has 12 nitrogen and oxygen atoms in total. The van der Waals surface area contributed by atoms with E-state index in [2.05, 4.69) is 0 Å². The molecular formula is C10H24N4O8P2S2. The lowest BCUT2D eigenvalue weighted by Gasteiger charge is -2.26. The monoisotopic (exact) mass is 454 g/mol. The van der Waals surface area contributed by atoms with E-state index in [0.717, 1.165) is 0 Å². The van der Waals surface area contributed by atoms with Crippen molar-refractivity contribution >= 4 is 48.6 Å². The van der Waals surface area contributed by atoms with Crippen LogP contribution in [0.1, 0.15) is 12.8 Å². The van der Waals surface area contributed by atoms with Crippen molar-refractivity contribution in [1.82, 2.24) is 4.90 Å². The average Bonchev–Trinajstić information content (AvgIpc) is 2.45. The summed E-state index contributed by atoms with van der Waals surface area (Å²) < 4.78 is 22.1. The molecule has 26 heavy (non-hydrogen) atoms. The van der Waals surface area contributed by atoms with Crippen molar-refractivity contribution in [3.8, 4) is 0 Å². The van der Waals surface area contributed by atoms with Gasteiger partial charge in [-0.2, -0.15) is 0 Å². The molecule has 2 atom stereocenters. The zero-order valence-electron chi connectivity index (χ0n) is 13.7. The Hall–Kier alpha value is -0.140. The predicted octanol–water partition coefficient (Wildman–Crippen LogP) is -1.61. The van der Waals surface area contributed by atoms with Crippen molar-refractivity contribution in [3.05, 3.63) is 0 Å². The fourth-order valence-corrected chi connectivity index (χ4v) is 5.34. The van der Waals surface area contributed by atoms with E-state index in [-0.39, 0.29) is 6.42 Å². The molecule has 0 bridgehead atoms. The molecule has 0 saturated carbocycles. The fourth-order valence-electron chi connectivity index (χ4n) is 1.60. The minimum Gasteiger partial charge on any atom is -0.368 e. The summed E-state index contributed by atoms with van der Waals surface area (Å²) in [5.41, 5.74) is 16.1. The third-order valence-electron chi connectivity index (χ3n) is 2.81. The first kappa shape index (κ1) is 25.9. The van der Waals surface area contributed by atoms with E-state index in [1.54, 1.807) is 0 Å². The number of carbonyl (C=O) groups is 2. The molecule has 0 aliphatic rings. The first-order valence-electron chi connectivity index (χ1n) is 7.16. The summed E-state index contributed by atoms with van der Waals surface area (Å²) in [6.07, 6.45) is -1.75. The van der Waals surface area contributed by atoms with Gasteiger partial charge in [-0.25, -0.2) is 0 Å². The van der Waals surface area contributed by atoms with Crippen LogP contribution in [0.25, 0.3) is 0 Å². The van der Waals surface area contributed by atoms with E-state index >= 15 is 0 Å². The minimum atomic E-state index is -4.71. The molecule has 16 heteroatoms. The number of hydrogen-bond donors (Lipinski definition) is 7. The van der Waals surface area contributed by atoms with Gasteiger partial charge in [-0.15, -0.1) is 0 Å². The Morgan fingerprint density at radius 2 is 1.27 bits per heavy atom. The lowest BCUT2D eigenvalue weighted by molar-refractivity contribution is -0.131. The van der Waals surface area contributed by atoms with E-state index in [4.69, 9.17) is 36.8 Å². The summed E-state index contributed by atoms with van der Waals surface area (Å²) in [7, 11) is -6.70. The maximum absolute atomic E-state index is 12.1. The summed E-state index contributed by atoms with van der Waals surface area (Å²) >= 11 is 0. The Bertz CT molecular complexity index is 547. The Morgan fingerprint density at radius 3 is 1.62 bits per heavy atom. The van der Waals surface area contributed by atoms with Crippen LogP contribution in [0.2, 0.25) is 0 Å². The van der Waals surface area contributed by atoms with E-state index in [9.17, 15) is 18.7 Å². The summed E-state index contributed by atoms with van der Waals surface area (Å²) in [4.78, 5) is 59.0. The van der Waals surface area contributed by atoms with Gasteiger partial charge in [0.25, 0.3) is 0 Å². The topological polar surface area (TPSA) is 230 Å². The molecule has 0 aromatic rings. The van der Waals surface area contributed by atoms with Gasteiger partial charge in [0.05, 0.1) is 12.1 Å². The highest BCUT2D eigenvalue weighted by Crippen LogP contribution is 2.41. The maximum atomic E-state index is 12.1. The van der Waals surface area contributed by atoms with Crippen molar-refractivity contribution in [2.75, 3.05) is 24.1 Å². The first-order valence-corrected chi connectivity index (χ1v) is 13.2. The molecular weight excluding hydrogens is 430 g/mol. The molecule has 0 radical (unpaired) electrons. The zero-order chi connectivity index (χ0) is 20.5. The molecule has 0 spiro atoms. The molecule has 0 aliphatic heterocycles. The van der Waals surface area contributed by atoms with Crippen molar-refractivity contribution < 1.29 is 38.3 Å². The molecule has 0 aromatic carbocycles. The van der Waals surface area contributed by atoms with Gasteiger partial charge < -0.3 is 41.7 Å². The van der Waals surface area contributed by atoms with Gasteiger partial charge in [0.15, 0.2) is 0 Å². The summed E-state index contributed by atoms with van der Waals surface area (Å²) in [5.74, 6) is -0.625. The van der Waals surface area contributed by atoms with Crippen molar-refractivity contribution in [2.45, 2.75) is 24.9 Å². The summed E-state index contributed by atoms with van der Waals surface area (Å²) in [6, 6.07) is -1.91. The number of rotatable bonds is 13. The molecule has 0 saturated heterocycles. The highest BCUT2D eigenvalue weighted by atomic mass is 33.1. The largest absolute Gasteiger partial charge is 0.368 e. The van der Waals surface area contributed by atoms with Crippen LogP contribution in [0.15, 0.2) is 0 Å². The van der Waals surface area contributed by atoms with Gasteiger partial charge in [-0.05, 0) is 12.8 Å². The molecule has 0 aromatic heterocycles. The van der Waals surface area contributed by atoms with E-state index in [1.807, 2.05) is 0 Å². The van der Waals surface area contributed by atoms with E-state index in [0.29, 0.717) is 22.8 Å². The van der Waals surface area contributed by atoms with Crippen molar-refractivity contribution in [1.29, 1.82) is 0 Å². The number of hydrogen-bond acceptors (Lipinski definition) is 8. The highest BCUT2D eigenvalue weighted by molar-refractivity contribution is 8.76. The SMILES string of the molecule is NC(=O)C(N)CCSSCC[C@H](N)C(=O)N(CP(=O)(O)O)CP(=O)(O)O. The predicted molar refractivity (Wildman–Crippen MR) is 100.0 cm³/mol. The van der Waals surface area contributed by atoms with Crippen LogP contribution in [0.3, 0.4) is 0 Å². The van der Waals surface area contributed by atoms with Crippen LogP contribution in [-0.4, -0.2) is 72.4 Å². The standard InChI is InChI=1S/C10H24N4O8P2S2/c11-7(9(13)15)1-3-25-26-4-2-8(12)10(16)14(5-23(17,18)19)6-24(20,21)22/h7-8H,1-6,11-12H2,(H2,13,15)(H2,17,18,19)(H2,20,21,22)/t7?,8-/m0/s1. The Labute approximate surface area is 158 Å². The van der Waals surface area contributed by atoms with Crippen LogP contribution in [0.4, 0.5) is 0 Å². The number of nitrogens with two attached hydrogens (primary N) is 3. The quantitative estimate of drug-likeness (QED) is 0.0946. The summed E-state index contributed by atoms with van der Waals surface area (Å²) in [5, 5.41) is 0. The van der Waals surface area contributed by atoms with Crippen molar-refractivity contribution in [3.63, 3.8) is 0 Å². The first-order chi connectivity index (χ1) is 11.7. The minimum absolute atomic E-state index is 0.122. The van der Waals surface area contributed by atoms with Crippen LogP contribution < -0.4 is 17.2 Å². The van der Waals surface area contributed by atoms with Gasteiger partial charge in [-0.1, -0.05) is 21.6 Å². The molecule has 0 rings (SSSR count). The maximum Gasteiger partial charge on any atom is 0.344 e. The van der Waals surface area contributed by atoms with Gasteiger partial charge in [-0.3, -0.25) is 18.7 Å². The van der Waals surface area contributed by atoms with E-state index < -0.39 is 51.7 Å². The molecule has 0 fully saturated rings. The normalized spacial score (nSPS) is 14.7. The smallest absolute Gasteiger partial charge is 0.344 e. The van der Waals surface area contributed by atoms with Crippen LogP contribution in [0.5, 0.6) is 0 Å². The Balaban J connectivity index is 4.40. The molecule has 0 heterocycles. The second-order valence-corrected chi connectivity index (χ2v) is 11.3. The van der Waals surface area contributed by atoms with Gasteiger partial charge >= 0.3 is 15.2 Å². The zero-order valence-corrected chi connectivity index (χ0v) is 17.1. The lowest BCUT2D eigenvalue weighted by Crippen LogP contribution is -2.44. The lowest BCUT2D eigenvalue weighted by atomic mass is 10.2. The third kappa shape index (κ3) is 13.1. The molecule has 2 amide bonds. The number of primary amides is 1. The molecule has 10 N–H and O–H groups in total. The van der Waals surface area contributed by atoms with Gasteiger partial charge in [0.2, 0.25) is 11.8 Å². The second-order valence-electron chi connectivity index (χ2n) is 5.33. The molecule has 0 aliphatic carbocycles. The van der Waals surface area contributed by atoms with Crippen molar-refractivity contribution in [2.24, 2.45) is 17.2 Å². The van der Waals surface area contributed by atoms with Crippen LogP contribution in [0, 0.1) is 0 Å². The number of nitrogens with zero attached hydrogens (tertiary/aromatic N) is 1. The number of carbonyl (C=O) groups excluding carboxylic acids is 2. The molecule has 1 unspecified atom stereocenters. The third-order valence-corrected chi connectivity index (χ3v) is 6.70. The van der Waals surface area contributed by atoms with Gasteiger partial charge in [0.1, 0.15) is 12.6 Å². The Morgan fingerprint density at radius 1 is 0.885 bits per heavy atom.